The topological polar surface area (TPSA) is 55.4 Å². The molecule has 1 rings (SSSR count). The molecule has 0 aliphatic rings. The van der Waals surface area contributed by atoms with Crippen molar-refractivity contribution in [1.82, 2.24) is 5.32 Å². The lowest BCUT2D eigenvalue weighted by molar-refractivity contribution is 0.493. The molecule has 0 aliphatic heterocycles. The van der Waals surface area contributed by atoms with Crippen molar-refractivity contribution >= 4 is 10.1 Å². The van der Waals surface area contributed by atoms with Crippen LogP contribution in [0, 0.1) is 0 Å². The fourth-order valence-corrected chi connectivity index (χ4v) is 1.62. The molecule has 0 fully saturated rings. The van der Waals surface area contributed by atoms with E-state index in [1.807, 2.05) is 12.1 Å². The molecule has 0 aromatic heterocycles. The van der Waals surface area contributed by atoms with Gasteiger partial charge in [-0.2, -0.15) is 8.42 Å². The van der Waals surface area contributed by atoms with E-state index in [0.717, 1.165) is 18.4 Å². The van der Waals surface area contributed by atoms with E-state index in [2.05, 4.69) is 19.2 Å². The first-order valence-electron chi connectivity index (χ1n) is 5.08. The maximum Gasteiger partial charge on any atom is 0.306 e. The molecule has 0 heterocycles. The van der Waals surface area contributed by atoms with Crippen LogP contribution in [0.1, 0.15) is 19.4 Å². The molecule has 0 radical (unpaired) electrons. The third kappa shape index (κ3) is 5.14. The molecule has 0 unspecified atom stereocenters. The standard InChI is InChI=1S/C11H17NO3S/c1-9(2)12-8-10-4-6-11(7-5-10)15-16(3,13)14/h4-7,9,12H,8H2,1-3H3. The van der Waals surface area contributed by atoms with Crippen molar-refractivity contribution in [3.05, 3.63) is 29.8 Å². The molecular weight excluding hydrogens is 226 g/mol. The van der Waals surface area contributed by atoms with E-state index in [4.69, 9.17) is 4.18 Å². The molecule has 0 spiro atoms. The van der Waals surface area contributed by atoms with Crippen LogP contribution in [0.3, 0.4) is 0 Å². The molecule has 1 aromatic rings. The van der Waals surface area contributed by atoms with Crippen LogP contribution in [0.25, 0.3) is 0 Å². The van der Waals surface area contributed by atoms with Crippen molar-refractivity contribution in [2.24, 2.45) is 0 Å². The molecule has 5 heteroatoms. The Labute approximate surface area is 96.8 Å². The maximum atomic E-state index is 10.9. The Bertz CT molecular complexity index is 423. The van der Waals surface area contributed by atoms with E-state index >= 15 is 0 Å². The highest BCUT2D eigenvalue weighted by atomic mass is 32.2. The van der Waals surface area contributed by atoms with Gasteiger partial charge in [0.15, 0.2) is 0 Å². The van der Waals surface area contributed by atoms with Crippen molar-refractivity contribution in [3.63, 3.8) is 0 Å². The van der Waals surface area contributed by atoms with Gasteiger partial charge < -0.3 is 9.50 Å². The zero-order chi connectivity index (χ0) is 12.2. The van der Waals surface area contributed by atoms with Crippen LogP contribution >= 0.6 is 0 Å². The summed E-state index contributed by atoms with van der Waals surface area (Å²) in [6.45, 7) is 4.90. The summed E-state index contributed by atoms with van der Waals surface area (Å²) in [5.74, 6) is 0.343. The van der Waals surface area contributed by atoms with Crippen LogP contribution in [0.5, 0.6) is 5.75 Å². The van der Waals surface area contributed by atoms with Gasteiger partial charge in [-0.15, -0.1) is 0 Å². The first kappa shape index (κ1) is 13.0. The predicted octanol–water partition coefficient (Wildman–Crippen LogP) is 1.52. The van der Waals surface area contributed by atoms with Crippen molar-refractivity contribution < 1.29 is 12.6 Å². The Kier molecular flexibility index (Phi) is 4.32. The lowest BCUT2D eigenvalue weighted by Gasteiger charge is -2.08. The minimum absolute atomic E-state index is 0.343. The number of hydrogen-bond acceptors (Lipinski definition) is 4. The molecule has 4 nitrogen and oxygen atoms in total. The molecule has 0 saturated carbocycles. The zero-order valence-electron chi connectivity index (χ0n) is 9.73. The molecule has 90 valence electrons. The van der Waals surface area contributed by atoms with Gasteiger partial charge in [0.05, 0.1) is 6.26 Å². The number of hydrogen-bond donors (Lipinski definition) is 1. The molecule has 16 heavy (non-hydrogen) atoms. The highest BCUT2D eigenvalue weighted by Gasteiger charge is 2.03. The Morgan fingerprint density at radius 3 is 2.25 bits per heavy atom. The first-order valence-corrected chi connectivity index (χ1v) is 6.90. The maximum absolute atomic E-state index is 10.9. The summed E-state index contributed by atoms with van der Waals surface area (Å²) in [5, 5.41) is 3.27. The second-order valence-corrected chi connectivity index (χ2v) is 5.54. The number of nitrogens with one attached hydrogen (secondary N) is 1. The van der Waals surface area contributed by atoms with Crippen molar-refractivity contribution in [2.75, 3.05) is 6.26 Å². The molecule has 1 aromatic carbocycles. The van der Waals surface area contributed by atoms with Crippen LogP contribution in [-0.4, -0.2) is 20.7 Å². The minimum Gasteiger partial charge on any atom is -0.383 e. The average molecular weight is 243 g/mol. The van der Waals surface area contributed by atoms with Crippen molar-refractivity contribution in [3.8, 4) is 5.75 Å². The molecular formula is C11H17NO3S. The average Bonchev–Trinajstić information content (AvgIpc) is 2.14. The largest absolute Gasteiger partial charge is 0.383 e. The van der Waals surface area contributed by atoms with Crippen LogP contribution in [0.2, 0.25) is 0 Å². The Morgan fingerprint density at radius 2 is 1.81 bits per heavy atom. The summed E-state index contributed by atoms with van der Waals surface area (Å²) < 4.78 is 26.5. The molecule has 0 atom stereocenters. The quantitative estimate of drug-likeness (QED) is 0.797. The first-order chi connectivity index (χ1) is 7.37. The van der Waals surface area contributed by atoms with E-state index in [1.54, 1.807) is 12.1 Å². The lowest BCUT2D eigenvalue weighted by atomic mass is 10.2. The van der Waals surface area contributed by atoms with Gasteiger partial charge in [-0.25, -0.2) is 0 Å². The highest BCUT2D eigenvalue weighted by Crippen LogP contribution is 2.13. The van der Waals surface area contributed by atoms with E-state index in [1.165, 1.54) is 0 Å². The third-order valence-corrected chi connectivity index (χ3v) is 2.38. The van der Waals surface area contributed by atoms with Gasteiger partial charge in [0.2, 0.25) is 0 Å². The normalized spacial score (nSPS) is 11.8. The van der Waals surface area contributed by atoms with Gasteiger partial charge in [-0.1, -0.05) is 26.0 Å². The van der Waals surface area contributed by atoms with Crippen LogP contribution in [-0.2, 0) is 16.7 Å². The molecule has 0 aliphatic carbocycles. The Hall–Kier alpha value is -1.07. The predicted molar refractivity (Wildman–Crippen MR) is 63.9 cm³/mol. The molecule has 0 amide bonds. The number of benzene rings is 1. The zero-order valence-corrected chi connectivity index (χ0v) is 10.5. The van der Waals surface area contributed by atoms with Gasteiger partial charge in [0.1, 0.15) is 5.75 Å². The monoisotopic (exact) mass is 243 g/mol. The van der Waals surface area contributed by atoms with E-state index in [0.29, 0.717) is 11.8 Å². The molecule has 0 saturated heterocycles. The summed E-state index contributed by atoms with van der Waals surface area (Å²) in [7, 11) is -3.43. The molecule has 1 N–H and O–H groups in total. The second kappa shape index (κ2) is 5.32. The van der Waals surface area contributed by atoms with Gasteiger partial charge in [-0.05, 0) is 17.7 Å². The van der Waals surface area contributed by atoms with E-state index < -0.39 is 10.1 Å². The van der Waals surface area contributed by atoms with Crippen LogP contribution in [0.4, 0.5) is 0 Å². The SMILES string of the molecule is CC(C)NCc1ccc(OS(C)(=O)=O)cc1. The minimum atomic E-state index is -3.43. The summed E-state index contributed by atoms with van der Waals surface area (Å²) >= 11 is 0. The Balaban J connectivity index is 2.61. The van der Waals surface area contributed by atoms with Gasteiger partial charge in [0, 0.05) is 12.6 Å². The van der Waals surface area contributed by atoms with Crippen LogP contribution < -0.4 is 9.50 Å². The fourth-order valence-electron chi connectivity index (χ4n) is 1.16. The second-order valence-electron chi connectivity index (χ2n) is 3.97. The smallest absolute Gasteiger partial charge is 0.306 e. The number of rotatable bonds is 5. The summed E-state index contributed by atoms with van der Waals surface area (Å²) in [6.07, 6.45) is 1.03. The molecule has 0 bridgehead atoms. The van der Waals surface area contributed by atoms with Crippen LogP contribution in [0.15, 0.2) is 24.3 Å². The fraction of sp³-hybridized carbons (Fsp3) is 0.455. The summed E-state index contributed by atoms with van der Waals surface area (Å²) in [5.41, 5.74) is 1.09. The lowest BCUT2D eigenvalue weighted by Crippen LogP contribution is -2.21. The van der Waals surface area contributed by atoms with Gasteiger partial charge in [-0.3, -0.25) is 0 Å². The van der Waals surface area contributed by atoms with Crippen molar-refractivity contribution in [2.45, 2.75) is 26.4 Å². The summed E-state index contributed by atoms with van der Waals surface area (Å²) in [4.78, 5) is 0. The highest BCUT2D eigenvalue weighted by molar-refractivity contribution is 7.86. The van der Waals surface area contributed by atoms with E-state index in [-0.39, 0.29) is 0 Å². The third-order valence-electron chi connectivity index (χ3n) is 1.89. The van der Waals surface area contributed by atoms with E-state index in [9.17, 15) is 8.42 Å². The van der Waals surface area contributed by atoms with Gasteiger partial charge in [0.25, 0.3) is 0 Å². The van der Waals surface area contributed by atoms with Gasteiger partial charge >= 0.3 is 10.1 Å². The van der Waals surface area contributed by atoms with Crippen molar-refractivity contribution in [1.29, 1.82) is 0 Å². The Morgan fingerprint density at radius 1 is 1.25 bits per heavy atom. The summed E-state index contributed by atoms with van der Waals surface area (Å²) in [6, 6.07) is 7.41.